The van der Waals surface area contributed by atoms with Crippen LogP contribution in [0.2, 0.25) is 0 Å². The van der Waals surface area contributed by atoms with Gasteiger partial charge < -0.3 is 14.6 Å². The summed E-state index contributed by atoms with van der Waals surface area (Å²) < 4.78 is 5.45. The molecule has 22 heavy (non-hydrogen) atoms. The minimum Gasteiger partial charge on any atom is -0.444 e. The summed E-state index contributed by atoms with van der Waals surface area (Å²) in [6, 6.07) is 5.01. The lowest BCUT2D eigenvalue weighted by molar-refractivity contribution is 0.0136. The topological polar surface area (TPSA) is 48.6 Å². The number of aromatic amines is 1. The first-order valence-electron chi connectivity index (χ1n) is 8.11. The lowest BCUT2D eigenvalue weighted by Crippen LogP contribution is -2.47. The molecule has 0 unspecified atom stereocenters. The van der Waals surface area contributed by atoms with E-state index < -0.39 is 5.60 Å². The molecule has 0 radical (unpaired) electrons. The average Bonchev–Trinajstić information content (AvgIpc) is 2.98. The highest BCUT2D eigenvalue weighted by Gasteiger charge is 2.30. The number of nitrogens with zero attached hydrogens (tertiary/aromatic N) is 2. The Morgan fingerprint density at radius 1 is 1.41 bits per heavy atom. The molecule has 0 saturated carbocycles. The summed E-state index contributed by atoms with van der Waals surface area (Å²) in [6.07, 6.45) is 3.75. The van der Waals surface area contributed by atoms with Crippen molar-refractivity contribution >= 4 is 6.09 Å². The lowest BCUT2D eigenvalue weighted by atomic mass is 10.0. The molecule has 1 aliphatic heterocycles. The number of likely N-dealkylation sites (tertiary alicyclic amines) is 1. The Morgan fingerprint density at radius 3 is 2.55 bits per heavy atom. The van der Waals surface area contributed by atoms with E-state index in [0.717, 1.165) is 25.9 Å². The van der Waals surface area contributed by atoms with Crippen LogP contribution in [0.4, 0.5) is 4.79 Å². The first kappa shape index (κ1) is 16.9. The van der Waals surface area contributed by atoms with Crippen molar-refractivity contribution in [1.29, 1.82) is 0 Å². The second-order valence-corrected chi connectivity index (χ2v) is 7.17. The van der Waals surface area contributed by atoms with E-state index >= 15 is 0 Å². The van der Waals surface area contributed by atoms with Gasteiger partial charge >= 0.3 is 6.09 Å². The van der Waals surface area contributed by atoms with E-state index in [-0.39, 0.29) is 6.09 Å². The fraction of sp³-hybridized carbons (Fsp3) is 0.706. The quantitative estimate of drug-likeness (QED) is 0.931. The first-order valence-corrected chi connectivity index (χ1v) is 8.11. The molecule has 1 aliphatic rings. The molecule has 1 fully saturated rings. The maximum atomic E-state index is 12.1. The van der Waals surface area contributed by atoms with Crippen molar-refractivity contribution in [3.63, 3.8) is 0 Å². The highest BCUT2D eigenvalue weighted by Crippen LogP contribution is 2.25. The van der Waals surface area contributed by atoms with Crippen LogP contribution in [0.25, 0.3) is 0 Å². The van der Waals surface area contributed by atoms with Crippen LogP contribution in [0.3, 0.4) is 0 Å². The molecule has 0 spiro atoms. The number of hydrogen-bond donors (Lipinski definition) is 1. The van der Waals surface area contributed by atoms with E-state index in [2.05, 4.69) is 29.9 Å². The predicted octanol–water partition coefficient (Wildman–Crippen LogP) is 3.41. The van der Waals surface area contributed by atoms with Gasteiger partial charge in [-0.1, -0.05) is 0 Å². The molecule has 1 atom stereocenters. The van der Waals surface area contributed by atoms with E-state index in [0.29, 0.717) is 12.1 Å². The Bertz CT molecular complexity index is 471. The number of hydrogen-bond acceptors (Lipinski definition) is 3. The van der Waals surface area contributed by atoms with Gasteiger partial charge in [0.1, 0.15) is 5.60 Å². The number of ether oxygens (including phenoxy) is 1. The third kappa shape index (κ3) is 4.26. The molecule has 5 heteroatoms. The Kier molecular flexibility index (Phi) is 5.16. The number of carbonyl (C=O) groups is 1. The van der Waals surface area contributed by atoms with Crippen molar-refractivity contribution in [2.45, 2.75) is 58.2 Å². The number of nitrogens with one attached hydrogen (secondary N) is 1. The maximum Gasteiger partial charge on any atom is 0.410 e. The van der Waals surface area contributed by atoms with Crippen LogP contribution in [0.1, 0.15) is 52.3 Å². The van der Waals surface area contributed by atoms with Crippen LogP contribution in [0.15, 0.2) is 18.3 Å². The van der Waals surface area contributed by atoms with E-state index in [1.807, 2.05) is 37.9 Å². The molecule has 1 aromatic heterocycles. The van der Waals surface area contributed by atoms with Gasteiger partial charge in [0.25, 0.3) is 0 Å². The van der Waals surface area contributed by atoms with Crippen molar-refractivity contribution in [1.82, 2.24) is 14.8 Å². The summed E-state index contributed by atoms with van der Waals surface area (Å²) in [6.45, 7) is 9.46. The van der Waals surface area contributed by atoms with Crippen LogP contribution in [-0.2, 0) is 4.74 Å². The zero-order valence-corrected chi connectivity index (χ0v) is 14.4. The van der Waals surface area contributed by atoms with Gasteiger partial charge in [0.15, 0.2) is 0 Å². The van der Waals surface area contributed by atoms with Crippen molar-refractivity contribution < 1.29 is 9.53 Å². The van der Waals surface area contributed by atoms with Crippen molar-refractivity contribution in [2.24, 2.45) is 0 Å². The third-order valence-electron chi connectivity index (χ3n) is 4.38. The third-order valence-corrected chi connectivity index (χ3v) is 4.38. The van der Waals surface area contributed by atoms with Crippen LogP contribution in [0.5, 0.6) is 0 Å². The van der Waals surface area contributed by atoms with Crippen LogP contribution >= 0.6 is 0 Å². The summed E-state index contributed by atoms with van der Waals surface area (Å²) in [4.78, 5) is 19.6. The van der Waals surface area contributed by atoms with Gasteiger partial charge in [0.05, 0.1) is 0 Å². The molecule has 2 heterocycles. The SMILES string of the molecule is C[C@H](c1ccc[nH]1)N(C)C1CCN(C(=O)OC(C)(C)C)CC1. The number of piperidine rings is 1. The number of amides is 1. The molecule has 5 nitrogen and oxygen atoms in total. The standard InChI is InChI=1S/C17H29N3O2/c1-13(15-7-6-10-18-15)19(5)14-8-11-20(12-9-14)16(21)22-17(2,3)4/h6-7,10,13-14,18H,8-9,11-12H2,1-5H3/t13-/m1/s1. The molecular formula is C17H29N3O2. The Labute approximate surface area is 133 Å². The molecule has 0 aliphatic carbocycles. The first-order chi connectivity index (χ1) is 10.3. The maximum absolute atomic E-state index is 12.1. The molecule has 1 saturated heterocycles. The van der Waals surface area contributed by atoms with Gasteiger partial charge in [-0.15, -0.1) is 0 Å². The molecule has 1 aromatic rings. The van der Waals surface area contributed by atoms with Crippen molar-refractivity contribution in [3.8, 4) is 0 Å². The minimum atomic E-state index is -0.424. The number of H-pyrrole nitrogens is 1. The highest BCUT2D eigenvalue weighted by molar-refractivity contribution is 5.68. The second kappa shape index (κ2) is 6.73. The van der Waals surface area contributed by atoms with Gasteiger partial charge in [-0.05, 0) is 59.7 Å². The van der Waals surface area contributed by atoms with Gasteiger partial charge in [-0.25, -0.2) is 4.79 Å². The van der Waals surface area contributed by atoms with E-state index in [1.54, 1.807) is 0 Å². The molecule has 1 N–H and O–H groups in total. The molecule has 0 aromatic carbocycles. The van der Waals surface area contributed by atoms with E-state index in [1.165, 1.54) is 5.69 Å². The summed E-state index contributed by atoms with van der Waals surface area (Å²) in [5.74, 6) is 0. The zero-order chi connectivity index (χ0) is 16.3. The van der Waals surface area contributed by atoms with Crippen molar-refractivity contribution in [3.05, 3.63) is 24.0 Å². The molecule has 1 amide bonds. The molecule has 0 bridgehead atoms. The average molecular weight is 307 g/mol. The summed E-state index contributed by atoms with van der Waals surface area (Å²) >= 11 is 0. The molecule has 2 rings (SSSR count). The molecule has 124 valence electrons. The number of rotatable bonds is 3. The fourth-order valence-corrected chi connectivity index (χ4v) is 2.92. The zero-order valence-electron chi connectivity index (χ0n) is 14.4. The Hall–Kier alpha value is -1.49. The monoisotopic (exact) mass is 307 g/mol. The summed E-state index contributed by atoms with van der Waals surface area (Å²) in [5, 5.41) is 0. The number of aromatic nitrogens is 1. The highest BCUT2D eigenvalue weighted by atomic mass is 16.6. The van der Waals surface area contributed by atoms with Gasteiger partial charge in [-0.3, -0.25) is 4.90 Å². The largest absolute Gasteiger partial charge is 0.444 e. The van der Waals surface area contributed by atoms with Crippen LogP contribution in [-0.4, -0.2) is 52.7 Å². The van der Waals surface area contributed by atoms with Gasteiger partial charge in [0.2, 0.25) is 0 Å². The second-order valence-electron chi connectivity index (χ2n) is 7.17. The smallest absolute Gasteiger partial charge is 0.410 e. The molecular weight excluding hydrogens is 278 g/mol. The minimum absolute atomic E-state index is 0.189. The Balaban J connectivity index is 1.85. The summed E-state index contributed by atoms with van der Waals surface area (Å²) in [5.41, 5.74) is 0.810. The lowest BCUT2D eigenvalue weighted by Gasteiger charge is -2.39. The summed E-state index contributed by atoms with van der Waals surface area (Å²) in [7, 11) is 2.17. The fourth-order valence-electron chi connectivity index (χ4n) is 2.92. The normalized spacial score (nSPS) is 18.5. The Morgan fingerprint density at radius 2 is 2.05 bits per heavy atom. The van der Waals surface area contributed by atoms with Crippen molar-refractivity contribution in [2.75, 3.05) is 20.1 Å². The number of carbonyl (C=O) groups excluding carboxylic acids is 1. The van der Waals surface area contributed by atoms with Gasteiger partial charge in [-0.2, -0.15) is 0 Å². The van der Waals surface area contributed by atoms with Crippen LogP contribution in [0, 0.1) is 0 Å². The van der Waals surface area contributed by atoms with E-state index in [9.17, 15) is 4.79 Å². The van der Waals surface area contributed by atoms with Gasteiger partial charge in [0, 0.05) is 37.1 Å². The van der Waals surface area contributed by atoms with Crippen LogP contribution < -0.4 is 0 Å². The van der Waals surface area contributed by atoms with E-state index in [4.69, 9.17) is 4.74 Å². The predicted molar refractivity (Wildman–Crippen MR) is 87.8 cm³/mol.